The van der Waals surface area contributed by atoms with E-state index >= 15 is 0 Å². The highest BCUT2D eigenvalue weighted by molar-refractivity contribution is 5.94. The Hall–Kier alpha value is -3.29. The van der Waals surface area contributed by atoms with Crippen molar-refractivity contribution in [1.82, 2.24) is 5.32 Å². The number of carboxylic acid groups (broad SMARTS) is 1. The third kappa shape index (κ3) is 5.10. The summed E-state index contributed by atoms with van der Waals surface area (Å²) in [5.41, 5.74) is 5.73. The molecular formula is C18H20N2O6. The molecule has 2 rings (SSSR count). The normalized spacial score (nSPS) is 11.6. The number of nitrogens with one attached hydrogen (secondary N) is 1. The third-order valence-electron chi connectivity index (χ3n) is 3.54. The molecule has 2 aromatic rings. The second kappa shape index (κ2) is 8.70. The molecule has 0 spiro atoms. The van der Waals surface area contributed by atoms with Crippen molar-refractivity contribution >= 4 is 17.8 Å². The molecule has 2 amide bonds. The summed E-state index contributed by atoms with van der Waals surface area (Å²) >= 11 is 0. The van der Waals surface area contributed by atoms with Gasteiger partial charge in [0.05, 0.1) is 6.61 Å². The molecule has 1 aromatic heterocycles. The van der Waals surface area contributed by atoms with Gasteiger partial charge in [0.25, 0.3) is 5.91 Å². The van der Waals surface area contributed by atoms with E-state index < -0.39 is 23.8 Å². The number of furan rings is 1. The highest BCUT2D eigenvalue weighted by Crippen LogP contribution is 2.26. The van der Waals surface area contributed by atoms with Crippen molar-refractivity contribution in [3.63, 3.8) is 0 Å². The number of carbonyl (C=O) groups is 3. The lowest BCUT2D eigenvalue weighted by atomic mass is 10.1. The summed E-state index contributed by atoms with van der Waals surface area (Å²) in [7, 11) is 0. The quantitative estimate of drug-likeness (QED) is 0.625. The lowest BCUT2D eigenvalue weighted by Gasteiger charge is -2.12. The van der Waals surface area contributed by atoms with Gasteiger partial charge in [0.15, 0.2) is 5.76 Å². The number of ether oxygens (including phenoxy) is 1. The Morgan fingerprint density at radius 1 is 1.27 bits per heavy atom. The number of primary amides is 1. The van der Waals surface area contributed by atoms with E-state index in [2.05, 4.69) is 5.32 Å². The minimum absolute atomic E-state index is 0.0351. The maximum Gasteiger partial charge on any atom is 0.326 e. The molecule has 0 aliphatic carbocycles. The first-order valence-electron chi connectivity index (χ1n) is 8.05. The first-order valence-corrected chi connectivity index (χ1v) is 8.05. The fourth-order valence-corrected chi connectivity index (χ4v) is 2.29. The van der Waals surface area contributed by atoms with Crippen molar-refractivity contribution < 1.29 is 28.6 Å². The number of hydrogen-bond donors (Lipinski definition) is 3. The summed E-state index contributed by atoms with van der Waals surface area (Å²) in [6, 6.07) is 9.01. The van der Waals surface area contributed by atoms with Crippen molar-refractivity contribution in [3.05, 3.63) is 42.2 Å². The Bertz CT molecular complexity index is 798. The fourth-order valence-electron chi connectivity index (χ4n) is 2.29. The zero-order valence-corrected chi connectivity index (χ0v) is 14.2. The van der Waals surface area contributed by atoms with E-state index in [-0.39, 0.29) is 18.6 Å². The zero-order valence-electron chi connectivity index (χ0n) is 14.2. The molecule has 0 saturated heterocycles. The predicted octanol–water partition coefficient (Wildman–Crippen LogP) is 1.79. The van der Waals surface area contributed by atoms with Gasteiger partial charge in [-0.15, -0.1) is 0 Å². The second-order valence-electron chi connectivity index (χ2n) is 5.49. The van der Waals surface area contributed by atoms with Crippen LogP contribution in [-0.4, -0.2) is 35.5 Å². The number of aliphatic carboxylic acids is 1. The molecule has 0 aliphatic heterocycles. The Balaban J connectivity index is 2.10. The number of rotatable bonds is 9. The summed E-state index contributed by atoms with van der Waals surface area (Å²) in [4.78, 5) is 34.2. The van der Waals surface area contributed by atoms with Gasteiger partial charge in [-0.3, -0.25) is 9.59 Å². The van der Waals surface area contributed by atoms with Crippen molar-refractivity contribution in [1.29, 1.82) is 0 Å². The minimum Gasteiger partial charge on any atom is -0.494 e. The highest BCUT2D eigenvalue weighted by atomic mass is 16.5. The van der Waals surface area contributed by atoms with E-state index in [9.17, 15) is 14.4 Å². The molecule has 4 N–H and O–H groups in total. The first-order chi connectivity index (χ1) is 12.4. The van der Waals surface area contributed by atoms with Gasteiger partial charge >= 0.3 is 5.97 Å². The zero-order chi connectivity index (χ0) is 19.1. The van der Waals surface area contributed by atoms with Gasteiger partial charge in [-0.05, 0) is 37.6 Å². The smallest absolute Gasteiger partial charge is 0.326 e. The minimum atomic E-state index is -1.25. The monoisotopic (exact) mass is 360 g/mol. The first kappa shape index (κ1) is 19.0. The van der Waals surface area contributed by atoms with Crippen LogP contribution in [0.3, 0.4) is 0 Å². The Kier molecular flexibility index (Phi) is 6.37. The number of nitrogens with two attached hydrogens (primary N) is 1. The van der Waals surface area contributed by atoms with Crippen LogP contribution in [-0.2, 0) is 9.59 Å². The van der Waals surface area contributed by atoms with Gasteiger partial charge in [-0.25, -0.2) is 4.79 Å². The molecule has 0 bridgehead atoms. The standard InChI is InChI=1S/C18H20N2O6/c1-2-25-12-5-3-4-11(10-12)14-7-8-15(26-14)17(22)20-13(18(23)24)6-9-16(19)21/h3-5,7-8,10,13H,2,6,9H2,1H3,(H2,19,21)(H,20,22)(H,23,24)/t13-/m0/s1. The molecule has 138 valence electrons. The van der Waals surface area contributed by atoms with Gasteiger partial charge in [-0.2, -0.15) is 0 Å². The van der Waals surface area contributed by atoms with E-state index in [1.165, 1.54) is 6.07 Å². The average Bonchev–Trinajstić information content (AvgIpc) is 3.09. The summed E-state index contributed by atoms with van der Waals surface area (Å²) < 4.78 is 10.9. The van der Waals surface area contributed by atoms with E-state index in [1.807, 2.05) is 6.92 Å². The summed E-state index contributed by atoms with van der Waals surface area (Å²) in [6.07, 6.45) is -0.245. The molecule has 26 heavy (non-hydrogen) atoms. The van der Waals surface area contributed by atoms with E-state index in [0.29, 0.717) is 18.1 Å². The van der Waals surface area contributed by atoms with Crippen LogP contribution in [0, 0.1) is 0 Å². The Morgan fingerprint density at radius 2 is 2.04 bits per heavy atom. The van der Waals surface area contributed by atoms with Crippen LogP contribution in [0.25, 0.3) is 11.3 Å². The lowest BCUT2D eigenvalue weighted by molar-refractivity contribution is -0.139. The number of benzene rings is 1. The Morgan fingerprint density at radius 3 is 2.69 bits per heavy atom. The molecule has 0 unspecified atom stereocenters. The van der Waals surface area contributed by atoms with Crippen molar-refractivity contribution in [2.24, 2.45) is 5.73 Å². The number of carbonyl (C=O) groups excluding carboxylic acids is 2. The topological polar surface area (TPSA) is 132 Å². The Labute approximate surface area is 149 Å². The molecule has 1 heterocycles. The predicted molar refractivity (Wildman–Crippen MR) is 92.6 cm³/mol. The summed E-state index contributed by atoms with van der Waals surface area (Å²) in [5.74, 6) is -1.50. The molecule has 0 fully saturated rings. The van der Waals surface area contributed by atoms with Crippen LogP contribution in [0.1, 0.15) is 30.3 Å². The molecule has 1 atom stereocenters. The van der Waals surface area contributed by atoms with Crippen LogP contribution in [0.2, 0.25) is 0 Å². The maximum atomic E-state index is 12.2. The van der Waals surface area contributed by atoms with Gasteiger partial charge in [0.2, 0.25) is 5.91 Å². The van der Waals surface area contributed by atoms with Crippen LogP contribution in [0.5, 0.6) is 5.75 Å². The molecule has 0 aliphatic rings. The molecule has 8 heteroatoms. The second-order valence-corrected chi connectivity index (χ2v) is 5.49. The number of hydrogen-bond acceptors (Lipinski definition) is 5. The van der Waals surface area contributed by atoms with Gasteiger partial charge < -0.3 is 25.3 Å². The van der Waals surface area contributed by atoms with Crippen molar-refractivity contribution in [3.8, 4) is 17.1 Å². The van der Waals surface area contributed by atoms with E-state index in [1.54, 1.807) is 30.3 Å². The molecular weight excluding hydrogens is 340 g/mol. The SMILES string of the molecule is CCOc1cccc(-c2ccc(C(=O)N[C@@H](CCC(N)=O)C(=O)O)o2)c1. The van der Waals surface area contributed by atoms with Gasteiger partial charge in [0, 0.05) is 12.0 Å². The van der Waals surface area contributed by atoms with E-state index in [0.717, 1.165) is 5.56 Å². The van der Waals surface area contributed by atoms with Gasteiger partial charge in [0.1, 0.15) is 17.6 Å². The van der Waals surface area contributed by atoms with Crippen LogP contribution in [0.4, 0.5) is 0 Å². The molecule has 0 radical (unpaired) electrons. The lowest BCUT2D eigenvalue weighted by Crippen LogP contribution is -2.41. The fraction of sp³-hybridized carbons (Fsp3) is 0.278. The number of amides is 2. The average molecular weight is 360 g/mol. The largest absolute Gasteiger partial charge is 0.494 e. The van der Waals surface area contributed by atoms with Crippen LogP contribution < -0.4 is 15.8 Å². The van der Waals surface area contributed by atoms with Crippen molar-refractivity contribution in [2.75, 3.05) is 6.61 Å². The number of carboxylic acids is 1. The van der Waals surface area contributed by atoms with Crippen LogP contribution >= 0.6 is 0 Å². The molecule has 8 nitrogen and oxygen atoms in total. The van der Waals surface area contributed by atoms with E-state index in [4.69, 9.17) is 20.0 Å². The third-order valence-corrected chi connectivity index (χ3v) is 3.54. The van der Waals surface area contributed by atoms with Gasteiger partial charge in [-0.1, -0.05) is 12.1 Å². The highest BCUT2D eigenvalue weighted by Gasteiger charge is 2.23. The summed E-state index contributed by atoms with van der Waals surface area (Å²) in [6.45, 7) is 2.40. The molecule has 1 aromatic carbocycles. The maximum absolute atomic E-state index is 12.2. The van der Waals surface area contributed by atoms with Crippen LogP contribution in [0.15, 0.2) is 40.8 Å². The summed E-state index contributed by atoms with van der Waals surface area (Å²) in [5, 5.41) is 11.5. The van der Waals surface area contributed by atoms with Crippen molar-refractivity contribution in [2.45, 2.75) is 25.8 Å². The molecule has 0 saturated carbocycles.